The summed E-state index contributed by atoms with van der Waals surface area (Å²) < 4.78 is 1.88. The maximum atomic E-state index is 4.32. The number of nitrogens with zero attached hydrogens (tertiary/aromatic N) is 2. The fourth-order valence-electron chi connectivity index (χ4n) is 1.93. The van der Waals surface area contributed by atoms with E-state index in [2.05, 4.69) is 23.5 Å². The van der Waals surface area contributed by atoms with E-state index in [-0.39, 0.29) is 0 Å². The van der Waals surface area contributed by atoms with Crippen LogP contribution >= 0.6 is 0 Å². The molecule has 1 aromatic heterocycles. The first kappa shape index (κ1) is 9.71. The molecule has 3 nitrogen and oxygen atoms in total. The van der Waals surface area contributed by atoms with Crippen LogP contribution in [0.2, 0.25) is 0 Å². The summed E-state index contributed by atoms with van der Waals surface area (Å²) in [5.74, 6) is 0.937. The van der Waals surface area contributed by atoms with Crippen LogP contribution in [0.15, 0.2) is 6.20 Å². The summed E-state index contributed by atoms with van der Waals surface area (Å²) in [7, 11) is 1.97. The lowest BCUT2D eigenvalue weighted by Gasteiger charge is -2.25. The highest BCUT2D eigenvalue weighted by Gasteiger charge is 2.16. The molecule has 78 valence electrons. The molecule has 0 aromatic carbocycles. The molecular formula is C11H19N3. The average Bonchev–Trinajstić information content (AvgIpc) is 2.36. The first-order valence-corrected chi connectivity index (χ1v) is 5.45. The minimum absolute atomic E-state index is 0.937. The van der Waals surface area contributed by atoms with Crippen molar-refractivity contribution >= 4 is 0 Å². The number of hydrogen-bond acceptors (Lipinski definition) is 2. The van der Waals surface area contributed by atoms with Gasteiger partial charge in [0.15, 0.2) is 0 Å². The highest BCUT2D eigenvalue weighted by molar-refractivity contribution is 5.14. The molecule has 1 fully saturated rings. The van der Waals surface area contributed by atoms with Crippen LogP contribution in [0.5, 0.6) is 0 Å². The second-order valence-electron chi connectivity index (χ2n) is 4.34. The molecule has 1 heterocycles. The summed E-state index contributed by atoms with van der Waals surface area (Å²) in [4.78, 5) is 0. The van der Waals surface area contributed by atoms with Gasteiger partial charge in [-0.15, -0.1) is 0 Å². The molecule has 0 bridgehead atoms. The molecule has 0 saturated heterocycles. The first-order valence-electron chi connectivity index (χ1n) is 5.45. The zero-order valence-corrected chi connectivity index (χ0v) is 9.08. The molecule has 14 heavy (non-hydrogen) atoms. The summed E-state index contributed by atoms with van der Waals surface area (Å²) in [6.07, 6.45) is 6.36. The van der Waals surface area contributed by atoms with Gasteiger partial charge < -0.3 is 5.32 Å². The Morgan fingerprint density at radius 2 is 2.36 bits per heavy atom. The molecule has 0 spiro atoms. The second-order valence-corrected chi connectivity index (χ2v) is 4.34. The summed E-state index contributed by atoms with van der Waals surface area (Å²) >= 11 is 0. The Morgan fingerprint density at radius 3 is 2.86 bits per heavy atom. The molecule has 3 heteroatoms. The van der Waals surface area contributed by atoms with Crippen LogP contribution in [0.1, 0.15) is 30.5 Å². The van der Waals surface area contributed by atoms with Crippen LogP contribution in [0.3, 0.4) is 0 Å². The topological polar surface area (TPSA) is 29.9 Å². The van der Waals surface area contributed by atoms with Crippen LogP contribution in [-0.4, -0.2) is 16.3 Å². The molecule has 1 aliphatic carbocycles. The van der Waals surface area contributed by atoms with Crippen LogP contribution in [0, 0.1) is 12.8 Å². The molecule has 1 aliphatic rings. The molecule has 0 unspecified atom stereocenters. The Kier molecular flexibility index (Phi) is 2.87. The van der Waals surface area contributed by atoms with Crippen molar-refractivity contribution < 1.29 is 0 Å². The summed E-state index contributed by atoms with van der Waals surface area (Å²) in [5.41, 5.74) is 2.47. The van der Waals surface area contributed by atoms with Crippen molar-refractivity contribution in [2.75, 3.05) is 6.54 Å². The number of nitrogens with one attached hydrogen (secondary N) is 1. The molecule has 2 rings (SSSR count). The summed E-state index contributed by atoms with van der Waals surface area (Å²) in [5, 5.41) is 7.82. The normalized spacial score (nSPS) is 17.0. The minimum atomic E-state index is 0.937. The Morgan fingerprint density at radius 1 is 1.57 bits per heavy atom. The van der Waals surface area contributed by atoms with Crippen molar-refractivity contribution in [3.05, 3.63) is 17.5 Å². The van der Waals surface area contributed by atoms with E-state index < -0.39 is 0 Å². The molecular weight excluding hydrogens is 174 g/mol. The van der Waals surface area contributed by atoms with E-state index in [0.29, 0.717) is 0 Å². The highest BCUT2D eigenvalue weighted by atomic mass is 15.2. The van der Waals surface area contributed by atoms with Gasteiger partial charge in [0.05, 0.1) is 5.69 Å². The molecule has 1 aromatic rings. The predicted octanol–water partition coefficient (Wildman–Crippen LogP) is 1.62. The molecule has 1 N–H and O–H groups in total. The zero-order chi connectivity index (χ0) is 9.97. The fourth-order valence-corrected chi connectivity index (χ4v) is 1.93. The Labute approximate surface area is 85.5 Å². The zero-order valence-electron chi connectivity index (χ0n) is 9.08. The van der Waals surface area contributed by atoms with E-state index in [9.17, 15) is 0 Å². The van der Waals surface area contributed by atoms with Gasteiger partial charge in [-0.25, -0.2) is 0 Å². The van der Waals surface area contributed by atoms with Crippen LogP contribution < -0.4 is 5.32 Å². The Bertz CT molecular complexity index is 299. The van der Waals surface area contributed by atoms with E-state index >= 15 is 0 Å². The van der Waals surface area contributed by atoms with E-state index in [1.807, 2.05) is 11.7 Å². The summed E-state index contributed by atoms with van der Waals surface area (Å²) in [6.45, 7) is 4.21. The van der Waals surface area contributed by atoms with Gasteiger partial charge in [0.25, 0.3) is 0 Å². The van der Waals surface area contributed by atoms with E-state index in [0.717, 1.165) is 18.2 Å². The van der Waals surface area contributed by atoms with Crippen LogP contribution in [0.4, 0.5) is 0 Å². The lowest BCUT2D eigenvalue weighted by atomic mass is 9.85. The van der Waals surface area contributed by atoms with Crippen LogP contribution in [0.25, 0.3) is 0 Å². The maximum Gasteiger partial charge on any atom is 0.0638 e. The Balaban J connectivity index is 1.76. The number of aryl methyl sites for hydroxylation is 2. The largest absolute Gasteiger partial charge is 0.312 e. The number of aromatic nitrogens is 2. The Hall–Kier alpha value is -0.830. The van der Waals surface area contributed by atoms with Gasteiger partial charge in [-0.1, -0.05) is 6.42 Å². The van der Waals surface area contributed by atoms with Crippen molar-refractivity contribution in [3.8, 4) is 0 Å². The fraction of sp³-hybridized carbons (Fsp3) is 0.727. The quantitative estimate of drug-likeness (QED) is 0.787. The maximum absolute atomic E-state index is 4.32. The van der Waals surface area contributed by atoms with E-state index in [1.54, 1.807) is 0 Å². The van der Waals surface area contributed by atoms with Gasteiger partial charge >= 0.3 is 0 Å². The molecule has 0 amide bonds. The van der Waals surface area contributed by atoms with Crippen molar-refractivity contribution in [3.63, 3.8) is 0 Å². The van der Waals surface area contributed by atoms with Gasteiger partial charge in [0.2, 0.25) is 0 Å². The van der Waals surface area contributed by atoms with Crippen molar-refractivity contribution in [1.82, 2.24) is 15.1 Å². The van der Waals surface area contributed by atoms with Crippen molar-refractivity contribution in [2.24, 2.45) is 13.0 Å². The third-order valence-electron chi connectivity index (χ3n) is 3.09. The molecule has 1 saturated carbocycles. The highest BCUT2D eigenvalue weighted by Crippen LogP contribution is 2.25. The van der Waals surface area contributed by atoms with Gasteiger partial charge in [-0.05, 0) is 32.2 Å². The summed E-state index contributed by atoms with van der Waals surface area (Å²) in [6, 6.07) is 0. The standard InChI is InChI=1S/C11H19N3/c1-9-11(8-14(2)13-9)7-12-6-10-4-3-5-10/h8,10,12H,3-7H2,1-2H3. The lowest BCUT2D eigenvalue weighted by Crippen LogP contribution is -2.26. The van der Waals surface area contributed by atoms with Crippen molar-refractivity contribution in [1.29, 1.82) is 0 Å². The molecule has 0 aliphatic heterocycles. The molecule has 0 atom stereocenters. The van der Waals surface area contributed by atoms with Gasteiger partial charge in [0, 0.05) is 25.4 Å². The van der Waals surface area contributed by atoms with E-state index in [4.69, 9.17) is 0 Å². The second kappa shape index (κ2) is 4.13. The van der Waals surface area contributed by atoms with Gasteiger partial charge in [-0.2, -0.15) is 5.10 Å². The monoisotopic (exact) mass is 193 g/mol. The van der Waals surface area contributed by atoms with E-state index in [1.165, 1.54) is 31.4 Å². The third-order valence-corrected chi connectivity index (χ3v) is 3.09. The SMILES string of the molecule is Cc1nn(C)cc1CNCC1CCC1. The number of rotatable bonds is 4. The molecule has 0 radical (unpaired) electrons. The average molecular weight is 193 g/mol. The van der Waals surface area contributed by atoms with Crippen molar-refractivity contribution in [2.45, 2.75) is 32.7 Å². The lowest BCUT2D eigenvalue weighted by molar-refractivity contribution is 0.301. The van der Waals surface area contributed by atoms with Crippen LogP contribution in [-0.2, 0) is 13.6 Å². The van der Waals surface area contributed by atoms with Gasteiger partial charge in [-0.3, -0.25) is 4.68 Å². The number of hydrogen-bond donors (Lipinski definition) is 1. The third kappa shape index (κ3) is 2.15. The minimum Gasteiger partial charge on any atom is -0.312 e. The van der Waals surface area contributed by atoms with Gasteiger partial charge in [0.1, 0.15) is 0 Å². The smallest absolute Gasteiger partial charge is 0.0638 e. The first-order chi connectivity index (χ1) is 6.75. The predicted molar refractivity (Wildman–Crippen MR) is 57.0 cm³/mol.